The average molecular weight is 390 g/mol. The molecule has 0 aliphatic carbocycles. The van der Waals surface area contributed by atoms with Crippen LogP contribution in [0.25, 0.3) is 0 Å². The molecule has 1 saturated heterocycles. The van der Waals surface area contributed by atoms with Gasteiger partial charge in [0, 0.05) is 23.6 Å². The standard InChI is InChI=1S/C19H24ClN5O2/c1-3-6-14-11-18(27)23-19(21-14)25-16(9-12(2)24-25)22-17(26)10-13-7-4-5-8-15(13)20/h4-5,7-9,14,19,21H,3,6,10-11H2,1-2H3,(H,22,26)(H,23,27). The third-order valence-electron chi connectivity index (χ3n) is 4.44. The topological polar surface area (TPSA) is 88.1 Å². The molecule has 1 aromatic carbocycles. The summed E-state index contributed by atoms with van der Waals surface area (Å²) in [5.41, 5.74) is 1.50. The Balaban J connectivity index is 1.74. The molecule has 1 aliphatic rings. The number of amides is 2. The Bertz CT molecular complexity index is 835. The summed E-state index contributed by atoms with van der Waals surface area (Å²) in [4.78, 5) is 24.5. The van der Waals surface area contributed by atoms with E-state index in [2.05, 4.69) is 28.0 Å². The number of aromatic nitrogens is 2. The molecule has 0 saturated carbocycles. The van der Waals surface area contributed by atoms with Gasteiger partial charge in [-0.1, -0.05) is 43.1 Å². The Morgan fingerprint density at radius 2 is 2.19 bits per heavy atom. The number of carbonyl (C=O) groups excluding carboxylic acids is 2. The third-order valence-corrected chi connectivity index (χ3v) is 4.81. The summed E-state index contributed by atoms with van der Waals surface area (Å²) in [5.74, 6) is 0.301. The summed E-state index contributed by atoms with van der Waals surface area (Å²) in [6.07, 6.45) is 1.99. The van der Waals surface area contributed by atoms with Gasteiger partial charge in [-0.25, -0.2) is 4.68 Å². The Labute approximate surface area is 163 Å². The molecule has 8 heteroatoms. The number of hydrogen-bond acceptors (Lipinski definition) is 4. The van der Waals surface area contributed by atoms with Crippen molar-refractivity contribution >= 4 is 29.2 Å². The molecular weight excluding hydrogens is 366 g/mol. The van der Waals surface area contributed by atoms with Crippen LogP contribution in [0.5, 0.6) is 0 Å². The van der Waals surface area contributed by atoms with Crippen molar-refractivity contribution in [3.8, 4) is 0 Å². The first kappa shape index (κ1) is 19.4. The zero-order valence-electron chi connectivity index (χ0n) is 15.5. The lowest BCUT2D eigenvalue weighted by Crippen LogP contribution is -2.53. The summed E-state index contributed by atoms with van der Waals surface area (Å²) in [5, 5.41) is 14.1. The number of aryl methyl sites for hydroxylation is 1. The van der Waals surface area contributed by atoms with Crippen molar-refractivity contribution in [1.82, 2.24) is 20.4 Å². The van der Waals surface area contributed by atoms with Crippen LogP contribution in [0, 0.1) is 6.92 Å². The van der Waals surface area contributed by atoms with Crippen LogP contribution >= 0.6 is 11.6 Å². The molecule has 2 amide bonds. The van der Waals surface area contributed by atoms with Gasteiger partial charge in [0.15, 0.2) is 6.29 Å². The molecule has 1 fully saturated rings. The van der Waals surface area contributed by atoms with Gasteiger partial charge in [-0.2, -0.15) is 5.10 Å². The van der Waals surface area contributed by atoms with Gasteiger partial charge in [0.05, 0.1) is 12.1 Å². The predicted octanol–water partition coefficient (Wildman–Crippen LogP) is 2.76. The van der Waals surface area contributed by atoms with Gasteiger partial charge in [0.25, 0.3) is 0 Å². The van der Waals surface area contributed by atoms with Crippen molar-refractivity contribution in [2.24, 2.45) is 0 Å². The maximum absolute atomic E-state index is 12.5. The molecule has 27 heavy (non-hydrogen) atoms. The Morgan fingerprint density at radius 1 is 1.41 bits per heavy atom. The van der Waals surface area contributed by atoms with Crippen molar-refractivity contribution in [2.75, 3.05) is 5.32 Å². The number of nitrogens with zero attached hydrogens (tertiary/aromatic N) is 2. The molecular formula is C19H24ClN5O2. The molecule has 0 radical (unpaired) electrons. The van der Waals surface area contributed by atoms with E-state index in [0.29, 0.717) is 17.3 Å². The first-order valence-corrected chi connectivity index (χ1v) is 9.49. The van der Waals surface area contributed by atoms with Crippen LogP contribution in [0.1, 0.15) is 43.7 Å². The summed E-state index contributed by atoms with van der Waals surface area (Å²) in [6, 6.07) is 9.12. The number of hydrogen-bond donors (Lipinski definition) is 3. The van der Waals surface area contributed by atoms with E-state index in [1.165, 1.54) is 0 Å². The highest BCUT2D eigenvalue weighted by molar-refractivity contribution is 6.31. The molecule has 3 N–H and O–H groups in total. The molecule has 3 rings (SSSR count). The lowest BCUT2D eigenvalue weighted by atomic mass is 10.1. The molecule has 2 unspecified atom stereocenters. The number of halogens is 1. The third kappa shape index (κ3) is 4.87. The van der Waals surface area contributed by atoms with Gasteiger partial charge in [-0.15, -0.1) is 0 Å². The molecule has 1 aromatic heterocycles. The molecule has 144 valence electrons. The van der Waals surface area contributed by atoms with Crippen LogP contribution in [0.3, 0.4) is 0 Å². The van der Waals surface area contributed by atoms with Gasteiger partial charge < -0.3 is 10.6 Å². The Hall–Kier alpha value is -2.38. The largest absolute Gasteiger partial charge is 0.322 e. The van der Waals surface area contributed by atoms with Crippen molar-refractivity contribution in [3.05, 3.63) is 46.6 Å². The number of nitrogens with one attached hydrogen (secondary N) is 3. The minimum atomic E-state index is -0.493. The van der Waals surface area contributed by atoms with Crippen LogP contribution in [0.2, 0.25) is 5.02 Å². The number of rotatable bonds is 6. The second-order valence-electron chi connectivity index (χ2n) is 6.76. The molecule has 0 spiro atoms. The molecule has 1 aliphatic heterocycles. The van der Waals surface area contributed by atoms with Gasteiger partial charge in [0.1, 0.15) is 5.82 Å². The fourth-order valence-corrected chi connectivity index (χ4v) is 3.44. The molecule has 0 bridgehead atoms. The Morgan fingerprint density at radius 3 is 2.93 bits per heavy atom. The lowest BCUT2D eigenvalue weighted by Gasteiger charge is -2.32. The van der Waals surface area contributed by atoms with Crippen LogP contribution in [0.15, 0.2) is 30.3 Å². The van der Waals surface area contributed by atoms with Crippen LogP contribution in [-0.2, 0) is 16.0 Å². The highest BCUT2D eigenvalue weighted by Crippen LogP contribution is 2.20. The van der Waals surface area contributed by atoms with E-state index in [1.54, 1.807) is 16.8 Å². The fraction of sp³-hybridized carbons (Fsp3) is 0.421. The van der Waals surface area contributed by atoms with E-state index >= 15 is 0 Å². The first-order chi connectivity index (χ1) is 13.0. The second kappa shape index (κ2) is 8.54. The molecule has 7 nitrogen and oxygen atoms in total. The van der Waals surface area contributed by atoms with Gasteiger partial charge >= 0.3 is 0 Å². The number of benzene rings is 1. The van der Waals surface area contributed by atoms with Gasteiger partial charge in [0.2, 0.25) is 11.8 Å². The smallest absolute Gasteiger partial charge is 0.229 e. The average Bonchev–Trinajstić information content (AvgIpc) is 2.97. The van der Waals surface area contributed by atoms with Crippen molar-refractivity contribution < 1.29 is 9.59 Å². The summed E-state index contributed by atoms with van der Waals surface area (Å²) in [7, 11) is 0. The highest BCUT2D eigenvalue weighted by atomic mass is 35.5. The normalized spacial score (nSPS) is 19.6. The van der Waals surface area contributed by atoms with Gasteiger partial charge in [-0.05, 0) is 25.0 Å². The summed E-state index contributed by atoms with van der Waals surface area (Å²) >= 11 is 6.14. The van der Waals surface area contributed by atoms with Crippen molar-refractivity contribution in [3.63, 3.8) is 0 Å². The predicted molar refractivity (Wildman–Crippen MR) is 104 cm³/mol. The van der Waals surface area contributed by atoms with Gasteiger partial charge in [-0.3, -0.25) is 14.9 Å². The van der Waals surface area contributed by atoms with E-state index in [4.69, 9.17) is 11.6 Å². The van der Waals surface area contributed by atoms with Crippen LogP contribution < -0.4 is 16.0 Å². The zero-order valence-corrected chi connectivity index (χ0v) is 16.2. The molecule has 2 aromatic rings. The van der Waals surface area contributed by atoms with E-state index in [9.17, 15) is 9.59 Å². The van der Waals surface area contributed by atoms with E-state index < -0.39 is 6.29 Å². The zero-order chi connectivity index (χ0) is 19.4. The monoisotopic (exact) mass is 389 g/mol. The van der Waals surface area contributed by atoms with Crippen LogP contribution in [0.4, 0.5) is 5.82 Å². The Kier molecular flexibility index (Phi) is 6.13. The molecule has 2 heterocycles. The van der Waals surface area contributed by atoms with E-state index in [0.717, 1.165) is 24.1 Å². The highest BCUT2D eigenvalue weighted by Gasteiger charge is 2.28. The van der Waals surface area contributed by atoms with Crippen LogP contribution in [-0.4, -0.2) is 27.6 Å². The maximum Gasteiger partial charge on any atom is 0.229 e. The number of anilines is 1. The quantitative estimate of drug-likeness (QED) is 0.708. The lowest BCUT2D eigenvalue weighted by molar-refractivity contribution is -0.125. The number of carbonyl (C=O) groups is 2. The summed E-state index contributed by atoms with van der Waals surface area (Å²) < 4.78 is 1.61. The fourth-order valence-electron chi connectivity index (χ4n) is 3.23. The maximum atomic E-state index is 12.5. The van der Waals surface area contributed by atoms with E-state index in [-0.39, 0.29) is 24.3 Å². The molecule has 2 atom stereocenters. The first-order valence-electron chi connectivity index (χ1n) is 9.11. The minimum absolute atomic E-state index is 0.0290. The van der Waals surface area contributed by atoms with Crippen molar-refractivity contribution in [1.29, 1.82) is 0 Å². The SMILES string of the molecule is CCCC1CC(=O)NC(n2nc(C)cc2NC(=O)Cc2ccccc2Cl)N1. The second-order valence-corrected chi connectivity index (χ2v) is 7.17. The minimum Gasteiger partial charge on any atom is -0.322 e. The summed E-state index contributed by atoms with van der Waals surface area (Å²) in [6.45, 7) is 3.93. The van der Waals surface area contributed by atoms with E-state index in [1.807, 2.05) is 25.1 Å². The van der Waals surface area contributed by atoms with Crippen molar-refractivity contribution in [2.45, 2.75) is 51.9 Å².